The molecule has 0 unspecified atom stereocenters. The van der Waals surface area contributed by atoms with E-state index >= 15 is 0 Å². The van der Waals surface area contributed by atoms with Crippen LogP contribution in [0.15, 0.2) is 28.8 Å². The second kappa shape index (κ2) is 8.47. The van der Waals surface area contributed by atoms with Gasteiger partial charge in [-0.3, -0.25) is 4.68 Å². The van der Waals surface area contributed by atoms with Crippen molar-refractivity contribution in [2.24, 2.45) is 5.92 Å². The fraction of sp³-hybridized carbons (Fsp3) is 0.609. The second-order valence-corrected chi connectivity index (χ2v) is 8.99. The molecule has 2 fully saturated rings. The van der Waals surface area contributed by atoms with E-state index in [9.17, 15) is 0 Å². The Morgan fingerprint density at radius 3 is 2.60 bits per heavy atom. The Hall–Kier alpha value is -2.25. The van der Waals surface area contributed by atoms with Gasteiger partial charge in [0.05, 0.1) is 5.52 Å². The van der Waals surface area contributed by atoms with Crippen molar-refractivity contribution in [3.63, 3.8) is 0 Å². The van der Waals surface area contributed by atoms with Gasteiger partial charge >= 0.3 is 0 Å². The Bertz CT molecular complexity index is 981. The molecule has 5 rings (SSSR count). The van der Waals surface area contributed by atoms with Crippen molar-refractivity contribution in [2.45, 2.75) is 51.5 Å². The van der Waals surface area contributed by atoms with E-state index in [4.69, 9.17) is 19.3 Å². The molecule has 2 saturated heterocycles. The largest absolute Gasteiger partial charge is 0.381 e. The van der Waals surface area contributed by atoms with Crippen LogP contribution in [-0.2, 0) is 4.74 Å². The number of hydrogen-bond donors (Lipinski definition) is 0. The van der Waals surface area contributed by atoms with Crippen LogP contribution in [0.3, 0.4) is 0 Å². The molecule has 0 atom stereocenters. The summed E-state index contributed by atoms with van der Waals surface area (Å²) in [6.07, 6.45) is 4.55. The van der Waals surface area contributed by atoms with E-state index < -0.39 is 0 Å². The molecule has 3 aromatic rings. The fourth-order valence-corrected chi connectivity index (χ4v) is 4.80. The van der Waals surface area contributed by atoms with Gasteiger partial charge in [-0.1, -0.05) is 23.4 Å². The Morgan fingerprint density at radius 2 is 1.83 bits per heavy atom. The Morgan fingerprint density at radius 1 is 1.07 bits per heavy atom. The van der Waals surface area contributed by atoms with Crippen LogP contribution in [0.1, 0.15) is 57.4 Å². The van der Waals surface area contributed by atoms with E-state index in [1.807, 2.05) is 16.8 Å². The molecule has 4 heterocycles. The normalized spacial score (nSPS) is 19.8. The van der Waals surface area contributed by atoms with Gasteiger partial charge in [0.15, 0.2) is 0 Å². The highest BCUT2D eigenvalue weighted by Crippen LogP contribution is 2.32. The van der Waals surface area contributed by atoms with Crippen LogP contribution in [0.5, 0.6) is 0 Å². The van der Waals surface area contributed by atoms with Crippen molar-refractivity contribution in [3.8, 4) is 11.5 Å². The summed E-state index contributed by atoms with van der Waals surface area (Å²) in [5.41, 5.74) is 1.92. The smallest absolute Gasteiger partial charge is 0.230 e. The zero-order chi connectivity index (χ0) is 20.5. The first kappa shape index (κ1) is 19.7. The summed E-state index contributed by atoms with van der Waals surface area (Å²) in [6, 6.07) is 8.54. The highest BCUT2D eigenvalue weighted by Gasteiger charge is 2.28. The van der Waals surface area contributed by atoms with Crippen LogP contribution in [0.2, 0.25) is 0 Å². The molecule has 0 radical (unpaired) electrons. The summed E-state index contributed by atoms with van der Waals surface area (Å²) in [7, 11) is 0. The molecular weight excluding hydrogens is 378 g/mol. The molecule has 160 valence electrons. The molecule has 2 aliphatic heterocycles. The SMILES string of the molecule is CC(C)n1nc(-c2noc(C3CCN(CC4CCOCC4)CC3)n2)c2ccccc21. The maximum Gasteiger partial charge on any atom is 0.230 e. The first-order valence-electron chi connectivity index (χ1n) is 11.3. The highest BCUT2D eigenvalue weighted by molar-refractivity contribution is 5.91. The predicted molar refractivity (Wildman–Crippen MR) is 115 cm³/mol. The number of para-hydroxylation sites is 1. The average molecular weight is 410 g/mol. The molecule has 2 aliphatic rings. The minimum absolute atomic E-state index is 0.273. The molecule has 0 spiro atoms. The molecule has 0 N–H and O–H groups in total. The van der Waals surface area contributed by atoms with Gasteiger partial charge < -0.3 is 14.2 Å². The summed E-state index contributed by atoms with van der Waals surface area (Å²) in [5.74, 6) is 2.49. The third-order valence-corrected chi connectivity index (χ3v) is 6.55. The molecule has 0 saturated carbocycles. The zero-order valence-corrected chi connectivity index (χ0v) is 18.0. The first-order valence-corrected chi connectivity index (χ1v) is 11.3. The summed E-state index contributed by atoms with van der Waals surface area (Å²) in [5, 5.41) is 10.2. The van der Waals surface area contributed by atoms with Gasteiger partial charge in [0, 0.05) is 37.1 Å². The fourth-order valence-electron chi connectivity index (χ4n) is 4.80. The number of fused-ring (bicyclic) bond motifs is 1. The molecule has 7 nitrogen and oxygen atoms in total. The number of piperidine rings is 1. The van der Waals surface area contributed by atoms with Crippen molar-refractivity contribution < 1.29 is 9.26 Å². The van der Waals surface area contributed by atoms with E-state index in [0.29, 0.717) is 11.7 Å². The van der Waals surface area contributed by atoms with Gasteiger partial charge in [-0.25, -0.2) is 0 Å². The average Bonchev–Trinajstić information content (AvgIpc) is 3.40. The standard InChI is InChI=1S/C23H31N5O2/c1-16(2)28-20-6-4-3-5-19(20)21(25-28)22-24-23(30-26-22)18-7-11-27(12-8-18)15-17-9-13-29-14-10-17/h3-6,16-18H,7-15H2,1-2H3. The zero-order valence-electron chi connectivity index (χ0n) is 18.0. The van der Waals surface area contributed by atoms with Crippen LogP contribution < -0.4 is 0 Å². The first-order chi connectivity index (χ1) is 14.7. The van der Waals surface area contributed by atoms with Crippen LogP contribution in [0.4, 0.5) is 0 Å². The third-order valence-electron chi connectivity index (χ3n) is 6.55. The van der Waals surface area contributed by atoms with Crippen molar-refractivity contribution in [1.29, 1.82) is 0 Å². The van der Waals surface area contributed by atoms with Crippen LogP contribution in [0.25, 0.3) is 22.4 Å². The van der Waals surface area contributed by atoms with Gasteiger partial charge in [-0.2, -0.15) is 10.1 Å². The number of likely N-dealkylation sites (tertiary alicyclic amines) is 1. The van der Waals surface area contributed by atoms with Crippen LogP contribution in [0, 0.1) is 5.92 Å². The number of hydrogen-bond acceptors (Lipinski definition) is 6. The summed E-state index contributed by atoms with van der Waals surface area (Å²) < 4.78 is 13.2. The lowest BCUT2D eigenvalue weighted by molar-refractivity contribution is 0.0481. The van der Waals surface area contributed by atoms with E-state index in [1.165, 1.54) is 19.4 Å². The summed E-state index contributed by atoms with van der Waals surface area (Å²) >= 11 is 0. The lowest BCUT2D eigenvalue weighted by atomic mass is 9.94. The van der Waals surface area contributed by atoms with Gasteiger partial charge in [0.1, 0.15) is 5.69 Å². The number of benzene rings is 1. The minimum Gasteiger partial charge on any atom is -0.381 e. The van der Waals surface area contributed by atoms with Gasteiger partial charge in [-0.15, -0.1) is 0 Å². The molecule has 0 aliphatic carbocycles. The molecule has 0 amide bonds. The van der Waals surface area contributed by atoms with E-state index in [1.54, 1.807) is 0 Å². The van der Waals surface area contributed by atoms with Crippen molar-refractivity contribution in [3.05, 3.63) is 30.2 Å². The topological polar surface area (TPSA) is 69.2 Å². The third kappa shape index (κ3) is 3.88. The summed E-state index contributed by atoms with van der Waals surface area (Å²) in [4.78, 5) is 7.38. The minimum atomic E-state index is 0.273. The lowest BCUT2D eigenvalue weighted by Gasteiger charge is -2.34. The maximum absolute atomic E-state index is 5.72. The monoisotopic (exact) mass is 409 g/mol. The molecule has 2 aromatic heterocycles. The molecular formula is C23H31N5O2. The second-order valence-electron chi connectivity index (χ2n) is 8.99. The van der Waals surface area contributed by atoms with E-state index in [2.05, 4.69) is 36.0 Å². The number of aromatic nitrogens is 4. The maximum atomic E-state index is 5.72. The van der Waals surface area contributed by atoms with Gasteiger partial charge in [0.2, 0.25) is 11.7 Å². The predicted octanol–water partition coefficient (Wildman–Crippen LogP) is 4.27. The molecule has 1 aromatic carbocycles. The van der Waals surface area contributed by atoms with Crippen molar-refractivity contribution >= 4 is 10.9 Å². The van der Waals surface area contributed by atoms with Gasteiger partial charge in [-0.05, 0) is 64.6 Å². The van der Waals surface area contributed by atoms with E-state index in [-0.39, 0.29) is 6.04 Å². The Balaban J connectivity index is 1.28. The Kier molecular flexibility index (Phi) is 5.56. The summed E-state index contributed by atoms with van der Waals surface area (Å²) in [6.45, 7) is 9.53. The quantitative estimate of drug-likeness (QED) is 0.627. The number of rotatable bonds is 5. The number of nitrogens with zero attached hydrogens (tertiary/aromatic N) is 5. The molecule has 7 heteroatoms. The molecule has 0 bridgehead atoms. The van der Waals surface area contributed by atoms with Crippen LogP contribution in [-0.4, -0.2) is 57.7 Å². The highest BCUT2D eigenvalue weighted by atomic mass is 16.5. The van der Waals surface area contributed by atoms with Crippen LogP contribution >= 0.6 is 0 Å². The van der Waals surface area contributed by atoms with E-state index in [0.717, 1.165) is 67.6 Å². The Labute approximate surface area is 177 Å². The number of ether oxygens (including phenoxy) is 1. The van der Waals surface area contributed by atoms with Crippen molar-refractivity contribution in [1.82, 2.24) is 24.8 Å². The van der Waals surface area contributed by atoms with Crippen molar-refractivity contribution in [2.75, 3.05) is 32.8 Å². The lowest BCUT2D eigenvalue weighted by Crippen LogP contribution is -2.38. The van der Waals surface area contributed by atoms with Gasteiger partial charge in [0.25, 0.3) is 0 Å². The molecule has 30 heavy (non-hydrogen) atoms.